The van der Waals surface area contributed by atoms with Crippen LogP contribution in [0.3, 0.4) is 0 Å². The highest BCUT2D eigenvalue weighted by Gasteiger charge is 2.27. The first-order chi connectivity index (χ1) is 18.7. The number of nitrogens with one attached hydrogen (secondary N) is 1. The van der Waals surface area contributed by atoms with Crippen LogP contribution >= 0.6 is 0 Å². The number of rotatable bonds is 13. The zero-order valence-electron chi connectivity index (χ0n) is 22.3. The molecule has 1 aliphatic rings. The molecule has 0 unspecified atom stereocenters. The maximum absolute atomic E-state index is 14.6. The van der Waals surface area contributed by atoms with Crippen LogP contribution in [-0.2, 0) is 20.7 Å². The number of benzene rings is 1. The average molecular weight is 548 g/mol. The highest BCUT2D eigenvalue weighted by Crippen LogP contribution is 2.25. The summed E-state index contributed by atoms with van der Waals surface area (Å²) < 4.78 is 39.4. The molecule has 10 nitrogen and oxygen atoms in total. The Balaban J connectivity index is 1.46. The van der Waals surface area contributed by atoms with Crippen molar-refractivity contribution >= 4 is 23.7 Å². The summed E-state index contributed by atoms with van der Waals surface area (Å²) in [6.07, 6.45) is 7.85. The van der Waals surface area contributed by atoms with Crippen molar-refractivity contribution in [2.45, 2.75) is 57.9 Å². The van der Waals surface area contributed by atoms with E-state index in [0.29, 0.717) is 12.3 Å². The smallest absolute Gasteiger partial charge is 0.328 e. The molecular formula is C27H35F2N5O5. The van der Waals surface area contributed by atoms with Gasteiger partial charge >= 0.3 is 5.97 Å². The van der Waals surface area contributed by atoms with Crippen molar-refractivity contribution in [2.75, 3.05) is 31.7 Å². The van der Waals surface area contributed by atoms with Gasteiger partial charge in [-0.25, -0.2) is 23.5 Å². The summed E-state index contributed by atoms with van der Waals surface area (Å²) in [5.41, 5.74) is 5.31. The second-order valence-corrected chi connectivity index (χ2v) is 9.48. The summed E-state index contributed by atoms with van der Waals surface area (Å²) in [6, 6.07) is 0.568. The molecular weight excluding hydrogens is 512 g/mol. The predicted molar refractivity (Wildman–Crippen MR) is 139 cm³/mol. The summed E-state index contributed by atoms with van der Waals surface area (Å²) in [5.74, 6) is -3.77. The molecule has 12 heteroatoms. The maximum Gasteiger partial charge on any atom is 0.328 e. The van der Waals surface area contributed by atoms with Crippen molar-refractivity contribution in [1.29, 1.82) is 0 Å². The van der Waals surface area contributed by atoms with Crippen LogP contribution in [0.25, 0.3) is 0 Å². The molecule has 1 aromatic carbocycles. The fourth-order valence-corrected chi connectivity index (χ4v) is 4.44. The largest absolute Gasteiger partial charge is 0.493 e. The first kappa shape index (κ1) is 29.7. The van der Waals surface area contributed by atoms with E-state index in [1.807, 2.05) is 12.4 Å². The number of carbonyl (C=O) groups is 3. The third-order valence-corrected chi connectivity index (χ3v) is 6.74. The van der Waals surface area contributed by atoms with Gasteiger partial charge in [0.2, 0.25) is 11.9 Å². The monoisotopic (exact) mass is 547 g/mol. The van der Waals surface area contributed by atoms with Crippen molar-refractivity contribution in [3.63, 3.8) is 0 Å². The topological polar surface area (TPSA) is 137 Å². The van der Waals surface area contributed by atoms with E-state index in [9.17, 15) is 23.2 Å². The van der Waals surface area contributed by atoms with E-state index in [1.165, 1.54) is 0 Å². The standard InChI is InChI=1S/C27H35F2N5O5/c1-3-17-15-31-27(32-16-17)34-10-8-18(9-11-34)5-4-12-39-19-13-20(28)24(21(29)14-19)25(36)33-22(26(37)38-2)6-7-23(30)35/h13-16,18,22H,3-12H2,1-2H3,(H2,30,35)(H,33,36)/t22-/m1/s1. The molecule has 0 bridgehead atoms. The molecule has 1 aromatic heterocycles. The Bertz CT molecular complexity index is 1120. The number of hydrogen-bond acceptors (Lipinski definition) is 8. The normalized spacial score (nSPS) is 14.5. The Morgan fingerprint density at radius 2 is 1.79 bits per heavy atom. The molecule has 0 radical (unpaired) electrons. The van der Waals surface area contributed by atoms with Crippen molar-refractivity contribution in [3.05, 3.63) is 47.3 Å². The van der Waals surface area contributed by atoms with E-state index in [4.69, 9.17) is 10.5 Å². The lowest BCUT2D eigenvalue weighted by Crippen LogP contribution is -2.42. The van der Waals surface area contributed by atoms with Gasteiger partial charge in [0.15, 0.2) is 0 Å². The summed E-state index contributed by atoms with van der Waals surface area (Å²) in [7, 11) is 1.09. The third kappa shape index (κ3) is 8.59. The summed E-state index contributed by atoms with van der Waals surface area (Å²) >= 11 is 0. The molecule has 2 aromatic rings. The van der Waals surface area contributed by atoms with E-state index >= 15 is 0 Å². The SMILES string of the molecule is CCc1cnc(N2CCC(CCCOc3cc(F)c(C(=O)N[C@H](CCC(N)=O)C(=O)OC)c(F)c3)CC2)nc1. The number of aryl methyl sites for hydroxylation is 1. The molecule has 0 aliphatic carbocycles. The molecule has 1 saturated heterocycles. The van der Waals surface area contributed by atoms with Crippen LogP contribution in [0.15, 0.2) is 24.5 Å². The van der Waals surface area contributed by atoms with Gasteiger partial charge in [0.05, 0.1) is 13.7 Å². The highest BCUT2D eigenvalue weighted by molar-refractivity contribution is 5.97. The molecule has 2 heterocycles. The second-order valence-electron chi connectivity index (χ2n) is 9.48. The Hall–Kier alpha value is -3.83. The summed E-state index contributed by atoms with van der Waals surface area (Å²) in [5, 5.41) is 2.19. The van der Waals surface area contributed by atoms with Crippen LogP contribution < -0.4 is 20.7 Å². The number of piperidine rings is 1. The van der Waals surface area contributed by atoms with Gasteiger partial charge in [-0.15, -0.1) is 0 Å². The minimum atomic E-state index is -1.29. The Labute approximate surface area is 226 Å². The molecule has 212 valence electrons. The van der Waals surface area contributed by atoms with E-state index in [1.54, 1.807) is 0 Å². The van der Waals surface area contributed by atoms with E-state index in [2.05, 4.69) is 31.8 Å². The van der Waals surface area contributed by atoms with Crippen LogP contribution in [0.2, 0.25) is 0 Å². The van der Waals surface area contributed by atoms with Crippen LogP contribution in [0.4, 0.5) is 14.7 Å². The zero-order valence-corrected chi connectivity index (χ0v) is 22.3. The number of ether oxygens (including phenoxy) is 2. The molecule has 1 fully saturated rings. The quantitative estimate of drug-likeness (QED) is 0.289. The fraction of sp³-hybridized carbons (Fsp3) is 0.519. The first-order valence-corrected chi connectivity index (χ1v) is 13.1. The molecule has 1 atom stereocenters. The molecule has 0 saturated carbocycles. The van der Waals surface area contributed by atoms with E-state index in [-0.39, 0.29) is 25.2 Å². The predicted octanol–water partition coefficient (Wildman–Crippen LogP) is 2.93. The average Bonchev–Trinajstić information content (AvgIpc) is 2.93. The Morgan fingerprint density at radius 3 is 2.36 bits per heavy atom. The minimum Gasteiger partial charge on any atom is -0.493 e. The lowest BCUT2D eigenvalue weighted by molar-refractivity contribution is -0.143. The molecule has 0 spiro atoms. The molecule has 3 N–H and O–H groups in total. The van der Waals surface area contributed by atoms with Gasteiger partial charge in [-0.05, 0) is 50.0 Å². The number of aromatic nitrogens is 2. The number of nitrogens with two attached hydrogens (primary N) is 1. The van der Waals surface area contributed by atoms with Crippen LogP contribution in [-0.4, -0.2) is 60.6 Å². The lowest BCUT2D eigenvalue weighted by Gasteiger charge is -2.32. The first-order valence-electron chi connectivity index (χ1n) is 13.1. The van der Waals surface area contributed by atoms with Gasteiger partial charge < -0.3 is 25.4 Å². The van der Waals surface area contributed by atoms with Crippen LogP contribution in [0, 0.1) is 17.6 Å². The van der Waals surface area contributed by atoms with Gasteiger partial charge in [-0.3, -0.25) is 9.59 Å². The number of esters is 1. The minimum absolute atomic E-state index is 0.0395. The highest BCUT2D eigenvalue weighted by atomic mass is 19.1. The second kappa shape index (κ2) is 14.4. The third-order valence-electron chi connectivity index (χ3n) is 6.74. The number of halogens is 2. The van der Waals surface area contributed by atoms with Gasteiger partial charge in [0.25, 0.3) is 5.91 Å². The van der Waals surface area contributed by atoms with Gasteiger partial charge in [-0.2, -0.15) is 0 Å². The number of carbonyl (C=O) groups excluding carboxylic acids is 3. The fourth-order valence-electron chi connectivity index (χ4n) is 4.44. The number of primary amides is 1. The number of methoxy groups -OCH3 is 1. The maximum atomic E-state index is 14.6. The number of amides is 2. The van der Waals surface area contributed by atoms with E-state index < -0.39 is 41.0 Å². The molecule has 39 heavy (non-hydrogen) atoms. The van der Waals surface area contributed by atoms with Crippen LogP contribution in [0.1, 0.15) is 61.4 Å². The summed E-state index contributed by atoms with van der Waals surface area (Å²) in [6.45, 7) is 4.08. The van der Waals surface area contributed by atoms with Gasteiger partial charge in [0.1, 0.15) is 29.0 Å². The zero-order chi connectivity index (χ0) is 28.4. The molecule has 3 rings (SSSR count). The van der Waals surface area contributed by atoms with Crippen molar-refractivity contribution in [3.8, 4) is 5.75 Å². The number of nitrogens with zero attached hydrogens (tertiary/aromatic N) is 3. The van der Waals surface area contributed by atoms with Gasteiger partial charge in [-0.1, -0.05) is 6.92 Å². The Morgan fingerprint density at radius 1 is 1.15 bits per heavy atom. The lowest BCUT2D eigenvalue weighted by atomic mass is 9.92. The number of anilines is 1. The van der Waals surface area contributed by atoms with Crippen molar-refractivity contribution < 1.29 is 32.6 Å². The number of hydrogen-bond donors (Lipinski definition) is 2. The van der Waals surface area contributed by atoms with Crippen molar-refractivity contribution in [2.24, 2.45) is 11.7 Å². The molecule has 2 amide bonds. The van der Waals surface area contributed by atoms with Gasteiger partial charge in [0, 0.05) is 44.0 Å². The van der Waals surface area contributed by atoms with E-state index in [0.717, 1.165) is 69.5 Å². The van der Waals surface area contributed by atoms with Crippen LogP contribution in [0.5, 0.6) is 5.75 Å². The summed E-state index contributed by atoms with van der Waals surface area (Å²) in [4.78, 5) is 46.5. The molecule has 1 aliphatic heterocycles. The Kier molecular flexibility index (Phi) is 10.9. The van der Waals surface area contributed by atoms with Crippen molar-refractivity contribution in [1.82, 2.24) is 15.3 Å².